The molecule has 0 bridgehead atoms. The quantitative estimate of drug-likeness (QED) is 0.522. The molecule has 0 N–H and O–H groups in total. The first-order chi connectivity index (χ1) is 12.1. The van der Waals surface area contributed by atoms with E-state index in [2.05, 4.69) is 4.98 Å². The Hall–Kier alpha value is -3.48. The Morgan fingerprint density at radius 2 is 1.56 bits per heavy atom. The van der Waals surface area contributed by atoms with E-state index in [0.29, 0.717) is 28.0 Å². The summed E-state index contributed by atoms with van der Waals surface area (Å²) < 4.78 is 10.9. The van der Waals surface area contributed by atoms with Gasteiger partial charge in [0.05, 0.1) is 41.9 Å². The zero-order chi connectivity index (χ0) is 17.7. The third-order valence-electron chi connectivity index (χ3n) is 4.21. The second-order valence-electron chi connectivity index (χ2n) is 5.49. The number of carbonyl (C=O) groups is 3. The number of nitrogens with zero attached hydrogens (tertiary/aromatic N) is 2. The van der Waals surface area contributed by atoms with Crippen LogP contribution in [-0.4, -0.2) is 41.6 Å². The van der Waals surface area contributed by atoms with Crippen molar-refractivity contribution in [3.63, 3.8) is 0 Å². The summed E-state index contributed by atoms with van der Waals surface area (Å²) in [6.07, 6.45) is 0. The molecular weight excluding hydrogens is 324 g/mol. The maximum absolute atomic E-state index is 12.7. The first kappa shape index (κ1) is 15.1. The van der Waals surface area contributed by atoms with E-state index < -0.39 is 11.9 Å². The molecule has 7 heteroatoms. The molecule has 7 nitrogen and oxygen atoms in total. The molecule has 124 valence electrons. The van der Waals surface area contributed by atoms with E-state index in [1.165, 1.54) is 30.9 Å². The van der Waals surface area contributed by atoms with E-state index in [1.807, 2.05) is 6.07 Å². The molecule has 0 saturated heterocycles. The molecule has 0 amide bonds. The van der Waals surface area contributed by atoms with E-state index in [9.17, 15) is 14.4 Å². The summed E-state index contributed by atoms with van der Waals surface area (Å²) in [4.78, 5) is 41.3. The lowest BCUT2D eigenvalue weighted by Crippen LogP contribution is -2.13. The average molecular weight is 336 g/mol. The molecule has 2 aromatic carbocycles. The zero-order valence-electron chi connectivity index (χ0n) is 13.4. The second kappa shape index (κ2) is 5.27. The maximum atomic E-state index is 12.7. The molecule has 0 spiro atoms. The Morgan fingerprint density at radius 3 is 2.20 bits per heavy atom. The number of aromatic nitrogens is 2. The normalized spacial score (nSPS) is 12.0. The van der Waals surface area contributed by atoms with Gasteiger partial charge in [0.2, 0.25) is 0 Å². The highest BCUT2D eigenvalue weighted by Gasteiger charge is 2.31. The molecule has 1 aliphatic rings. The summed E-state index contributed by atoms with van der Waals surface area (Å²) in [5.41, 5.74) is 2.18. The fourth-order valence-electron chi connectivity index (χ4n) is 3.05. The van der Waals surface area contributed by atoms with E-state index in [4.69, 9.17) is 9.47 Å². The van der Waals surface area contributed by atoms with E-state index in [0.717, 1.165) is 0 Å². The number of rotatable bonds is 2. The molecular formula is C18H12N2O5. The van der Waals surface area contributed by atoms with Gasteiger partial charge in [-0.15, -0.1) is 0 Å². The Labute approximate surface area is 141 Å². The summed E-state index contributed by atoms with van der Waals surface area (Å²) in [6, 6.07) is 10.0. The minimum atomic E-state index is -0.694. The van der Waals surface area contributed by atoms with Crippen LogP contribution in [0.5, 0.6) is 0 Å². The van der Waals surface area contributed by atoms with Crippen LogP contribution in [0.4, 0.5) is 0 Å². The van der Waals surface area contributed by atoms with E-state index >= 15 is 0 Å². The maximum Gasteiger partial charge on any atom is 0.338 e. The minimum Gasteiger partial charge on any atom is -0.465 e. The molecule has 0 aliphatic carbocycles. The Morgan fingerprint density at radius 1 is 0.960 bits per heavy atom. The lowest BCUT2D eigenvalue weighted by atomic mass is 10.1. The SMILES string of the molecule is COC(=O)c1cc2nc3n(c2cc1C(=O)OC)C(=O)c1ccccc1-3. The first-order valence-electron chi connectivity index (χ1n) is 7.44. The summed E-state index contributed by atoms with van der Waals surface area (Å²) in [7, 11) is 2.44. The van der Waals surface area contributed by atoms with E-state index in [-0.39, 0.29) is 17.0 Å². The molecule has 0 saturated carbocycles. The Balaban J connectivity index is 2.04. The van der Waals surface area contributed by atoms with Crippen LogP contribution in [-0.2, 0) is 9.47 Å². The van der Waals surface area contributed by atoms with Crippen molar-refractivity contribution in [2.24, 2.45) is 0 Å². The third kappa shape index (κ3) is 1.99. The average Bonchev–Trinajstić information content (AvgIpc) is 3.15. The molecule has 4 rings (SSSR count). The second-order valence-corrected chi connectivity index (χ2v) is 5.49. The number of hydrogen-bond donors (Lipinski definition) is 0. The highest BCUT2D eigenvalue weighted by atomic mass is 16.5. The number of carbonyl (C=O) groups excluding carboxylic acids is 3. The zero-order valence-corrected chi connectivity index (χ0v) is 13.4. The predicted molar refractivity (Wildman–Crippen MR) is 87.6 cm³/mol. The summed E-state index contributed by atoms with van der Waals surface area (Å²) in [5, 5.41) is 0. The van der Waals surface area contributed by atoms with Gasteiger partial charge in [0.15, 0.2) is 0 Å². The molecule has 0 unspecified atom stereocenters. The van der Waals surface area contributed by atoms with Crippen LogP contribution < -0.4 is 0 Å². The fourth-order valence-corrected chi connectivity index (χ4v) is 3.05. The minimum absolute atomic E-state index is 0.0216. The van der Waals surface area contributed by atoms with Crippen molar-refractivity contribution in [1.82, 2.24) is 9.55 Å². The molecule has 25 heavy (non-hydrogen) atoms. The van der Waals surface area contributed by atoms with Crippen LogP contribution in [0.2, 0.25) is 0 Å². The van der Waals surface area contributed by atoms with Gasteiger partial charge < -0.3 is 9.47 Å². The lowest BCUT2D eigenvalue weighted by molar-refractivity contribution is 0.0555. The fraction of sp³-hybridized carbons (Fsp3) is 0.111. The Kier molecular flexibility index (Phi) is 3.18. The van der Waals surface area contributed by atoms with Crippen molar-refractivity contribution in [2.75, 3.05) is 14.2 Å². The number of ether oxygens (including phenoxy) is 2. The number of methoxy groups -OCH3 is 2. The van der Waals surface area contributed by atoms with Crippen LogP contribution in [0.15, 0.2) is 36.4 Å². The summed E-state index contributed by atoms with van der Waals surface area (Å²) in [5.74, 6) is -1.12. The van der Waals surface area contributed by atoms with Gasteiger partial charge in [-0.3, -0.25) is 9.36 Å². The highest BCUT2D eigenvalue weighted by Crippen LogP contribution is 2.35. The number of benzene rings is 2. The third-order valence-corrected chi connectivity index (χ3v) is 4.21. The molecule has 1 aromatic heterocycles. The number of imidazole rings is 1. The van der Waals surface area contributed by atoms with Gasteiger partial charge in [0.1, 0.15) is 5.82 Å². The van der Waals surface area contributed by atoms with Crippen LogP contribution in [0.25, 0.3) is 22.4 Å². The highest BCUT2D eigenvalue weighted by molar-refractivity contribution is 6.14. The van der Waals surface area contributed by atoms with Crippen LogP contribution in [0.3, 0.4) is 0 Å². The van der Waals surface area contributed by atoms with Crippen molar-refractivity contribution in [1.29, 1.82) is 0 Å². The summed E-state index contributed by atoms with van der Waals surface area (Å²) >= 11 is 0. The number of hydrogen-bond acceptors (Lipinski definition) is 6. The first-order valence-corrected chi connectivity index (χ1v) is 7.44. The van der Waals surface area contributed by atoms with Crippen LogP contribution in [0.1, 0.15) is 31.1 Å². The van der Waals surface area contributed by atoms with Gasteiger partial charge in [-0.05, 0) is 18.2 Å². The molecule has 0 fully saturated rings. The van der Waals surface area contributed by atoms with Crippen molar-refractivity contribution in [2.45, 2.75) is 0 Å². The predicted octanol–water partition coefficient (Wildman–Crippen LogP) is 2.28. The van der Waals surface area contributed by atoms with Crippen molar-refractivity contribution < 1.29 is 23.9 Å². The smallest absolute Gasteiger partial charge is 0.338 e. The summed E-state index contributed by atoms with van der Waals surface area (Å²) in [6.45, 7) is 0. The molecule has 2 heterocycles. The Bertz CT molecular complexity index is 1080. The lowest BCUT2D eigenvalue weighted by Gasteiger charge is -2.07. The van der Waals surface area contributed by atoms with Crippen LogP contribution >= 0.6 is 0 Å². The number of esters is 2. The molecule has 3 aromatic rings. The standard InChI is InChI=1S/C18H12N2O5/c1-24-17(22)11-7-13-14(8-12(11)18(23)25-2)20-15(19-13)9-5-3-4-6-10(9)16(20)21/h3-8H,1-2H3. The van der Waals surface area contributed by atoms with Crippen LogP contribution in [0, 0.1) is 0 Å². The molecule has 0 radical (unpaired) electrons. The van der Waals surface area contributed by atoms with Gasteiger partial charge >= 0.3 is 11.9 Å². The van der Waals surface area contributed by atoms with Gasteiger partial charge in [-0.25, -0.2) is 14.6 Å². The number of fused-ring (bicyclic) bond motifs is 5. The van der Waals surface area contributed by atoms with Crippen molar-refractivity contribution in [3.05, 3.63) is 53.1 Å². The molecule has 1 aliphatic heterocycles. The molecule has 0 atom stereocenters. The van der Waals surface area contributed by atoms with Gasteiger partial charge in [-0.2, -0.15) is 0 Å². The van der Waals surface area contributed by atoms with E-state index in [1.54, 1.807) is 18.2 Å². The van der Waals surface area contributed by atoms with Gasteiger partial charge in [0, 0.05) is 5.56 Å². The largest absolute Gasteiger partial charge is 0.465 e. The van der Waals surface area contributed by atoms with Crippen molar-refractivity contribution >= 4 is 28.9 Å². The monoisotopic (exact) mass is 336 g/mol. The topological polar surface area (TPSA) is 87.5 Å². The van der Waals surface area contributed by atoms with Crippen molar-refractivity contribution in [3.8, 4) is 11.4 Å². The van der Waals surface area contributed by atoms with Gasteiger partial charge in [-0.1, -0.05) is 18.2 Å². The van der Waals surface area contributed by atoms with Gasteiger partial charge in [0.25, 0.3) is 5.91 Å².